The zero-order chi connectivity index (χ0) is 12.0. The molecule has 4 nitrogen and oxygen atoms in total. The summed E-state index contributed by atoms with van der Waals surface area (Å²) in [5, 5.41) is 3.01. The average Bonchev–Trinajstić information content (AvgIpc) is 2.29. The van der Waals surface area contributed by atoms with Crippen molar-refractivity contribution in [2.24, 2.45) is 5.92 Å². The lowest BCUT2D eigenvalue weighted by Gasteiger charge is -2.21. The molecule has 0 saturated heterocycles. The monoisotopic (exact) mass is 221 g/mol. The molecule has 0 spiro atoms. The maximum absolute atomic E-state index is 11.9. The van der Waals surface area contributed by atoms with Crippen molar-refractivity contribution in [3.05, 3.63) is 30.1 Å². The predicted molar refractivity (Wildman–Crippen MR) is 63.8 cm³/mol. The number of nitrogens with one attached hydrogen (secondary N) is 1. The van der Waals surface area contributed by atoms with Gasteiger partial charge in [0.15, 0.2) is 0 Å². The van der Waals surface area contributed by atoms with Gasteiger partial charge in [0.2, 0.25) is 5.91 Å². The SMILES string of the molecule is CNCC(C)C(=O)N(C)Cc1ccncc1. The van der Waals surface area contributed by atoms with Gasteiger partial charge in [0, 0.05) is 38.4 Å². The fourth-order valence-electron chi connectivity index (χ4n) is 1.61. The second kappa shape index (κ2) is 6.23. The first-order chi connectivity index (χ1) is 7.65. The molecular formula is C12H19N3O. The van der Waals surface area contributed by atoms with Crippen LogP contribution < -0.4 is 5.32 Å². The predicted octanol–water partition coefficient (Wildman–Crippen LogP) is 0.895. The first kappa shape index (κ1) is 12.6. The number of carbonyl (C=O) groups excluding carboxylic acids is 1. The number of aromatic nitrogens is 1. The summed E-state index contributed by atoms with van der Waals surface area (Å²) in [5.74, 6) is 0.169. The first-order valence-corrected chi connectivity index (χ1v) is 5.43. The Hall–Kier alpha value is -1.42. The second-order valence-electron chi connectivity index (χ2n) is 4.01. The summed E-state index contributed by atoms with van der Waals surface area (Å²) in [6, 6.07) is 3.85. The third kappa shape index (κ3) is 3.62. The maximum Gasteiger partial charge on any atom is 0.226 e. The van der Waals surface area contributed by atoms with E-state index in [0.29, 0.717) is 13.1 Å². The zero-order valence-electron chi connectivity index (χ0n) is 10.1. The Bertz CT molecular complexity index is 326. The van der Waals surface area contributed by atoms with Crippen LogP contribution in [0.5, 0.6) is 0 Å². The number of hydrogen-bond acceptors (Lipinski definition) is 3. The van der Waals surface area contributed by atoms with Crippen molar-refractivity contribution in [3.8, 4) is 0 Å². The van der Waals surface area contributed by atoms with E-state index in [1.165, 1.54) is 0 Å². The molecular weight excluding hydrogens is 202 g/mol. The van der Waals surface area contributed by atoms with Gasteiger partial charge >= 0.3 is 0 Å². The van der Waals surface area contributed by atoms with E-state index in [-0.39, 0.29) is 11.8 Å². The molecule has 0 radical (unpaired) electrons. The molecule has 4 heteroatoms. The minimum absolute atomic E-state index is 0.0110. The van der Waals surface area contributed by atoms with E-state index >= 15 is 0 Å². The highest BCUT2D eigenvalue weighted by atomic mass is 16.2. The van der Waals surface area contributed by atoms with Gasteiger partial charge in [0.05, 0.1) is 0 Å². The fraction of sp³-hybridized carbons (Fsp3) is 0.500. The van der Waals surface area contributed by atoms with Crippen molar-refractivity contribution in [3.63, 3.8) is 0 Å². The molecule has 1 heterocycles. The van der Waals surface area contributed by atoms with Crippen LogP contribution in [0, 0.1) is 5.92 Å². The summed E-state index contributed by atoms with van der Waals surface area (Å²) in [5.41, 5.74) is 1.10. The smallest absolute Gasteiger partial charge is 0.226 e. The van der Waals surface area contributed by atoms with Crippen LogP contribution in [0.1, 0.15) is 12.5 Å². The van der Waals surface area contributed by atoms with E-state index in [9.17, 15) is 4.79 Å². The van der Waals surface area contributed by atoms with Crippen LogP contribution in [0.25, 0.3) is 0 Å². The Kier molecular flexibility index (Phi) is 4.92. The molecule has 1 unspecified atom stereocenters. The molecule has 0 saturated carbocycles. The summed E-state index contributed by atoms with van der Waals surface area (Å²) in [6.07, 6.45) is 3.48. The molecule has 0 aliphatic rings. The molecule has 0 aliphatic carbocycles. The van der Waals surface area contributed by atoms with Crippen LogP contribution >= 0.6 is 0 Å². The van der Waals surface area contributed by atoms with Gasteiger partial charge in [0.25, 0.3) is 0 Å². The van der Waals surface area contributed by atoms with Gasteiger partial charge in [-0.05, 0) is 24.7 Å². The van der Waals surface area contributed by atoms with E-state index in [2.05, 4.69) is 10.3 Å². The highest BCUT2D eigenvalue weighted by molar-refractivity contribution is 5.78. The van der Waals surface area contributed by atoms with Crippen molar-refractivity contribution in [1.29, 1.82) is 0 Å². The van der Waals surface area contributed by atoms with Gasteiger partial charge in [-0.2, -0.15) is 0 Å². The number of rotatable bonds is 5. The van der Waals surface area contributed by atoms with Crippen molar-refractivity contribution in [2.45, 2.75) is 13.5 Å². The number of hydrogen-bond donors (Lipinski definition) is 1. The molecule has 1 aromatic rings. The van der Waals surface area contributed by atoms with Crippen LogP contribution in [0.2, 0.25) is 0 Å². The topological polar surface area (TPSA) is 45.2 Å². The van der Waals surface area contributed by atoms with Crippen molar-refractivity contribution < 1.29 is 4.79 Å². The molecule has 0 fully saturated rings. The minimum atomic E-state index is 0.0110. The molecule has 1 aromatic heterocycles. The number of amides is 1. The Morgan fingerprint density at radius 2 is 2.12 bits per heavy atom. The average molecular weight is 221 g/mol. The van der Waals surface area contributed by atoms with Crippen LogP contribution in [0.3, 0.4) is 0 Å². The molecule has 16 heavy (non-hydrogen) atoms. The van der Waals surface area contributed by atoms with Gasteiger partial charge in [-0.25, -0.2) is 0 Å². The van der Waals surface area contributed by atoms with Gasteiger partial charge in [0.1, 0.15) is 0 Å². The molecule has 1 N–H and O–H groups in total. The summed E-state index contributed by atoms with van der Waals surface area (Å²) in [7, 11) is 3.68. The fourth-order valence-corrected chi connectivity index (χ4v) is 1.61. The highest BCUT2D eigenvalue weighted by Gasteiger charge is 2.16. The summed E-state index contributed by atoms with van der Waals surface area (Å²) >= 11 is 0. The van der Waals surface area contributed by atoms with E-state index < -0.39 is 0 Å². The van der Waals surface area contributed by atoms with Crippen molar-refractivity contribution in [2.75, 3.05) is 20.6 Å². The van der Waals surface area contributed by atoms with E-state index in [1.807, 2.05) is 33.2 Å². The van der Waals surface area contributed by atoms with Gasteiger partial charge in [-0.15, -0.1) is 0 Å². The number of carbonyl (C=O) groups is 1. The maximum atomic E-state index is 11.9. The standard InChI is InChI=1S/C12H19N3O/c1-10(8-13-2)12(16)15(3)9-11-4-6-14-7-5-11/h4-7,10,13H,8-9H2,1-3H3. The normalized spacial score (nSPS) is 12.2. The van der Waals surface area contributed by atoms with Crippen LogP contribution in [-0.2, 0) is 11.3 Å². The molecule has 0 aromatic carbocycles. The largest absolute Gasteiger partial charge is 0.341 e. The Labute approximate surface area is 96.7 Å². The number of nitrogens with zero attached hydrogens (tertiary/aromatic N) is 2. The van der Waals surface area contributed by atoms with E-state index in [4.69, 9.17) is 0 Å². The Morgan fingerprint density at radius 3 is 2.69 bits per heavy atom. The second-order valence-corrected chi connectivity index (χ2v) is 4.01. The molecule has 1 rings (SSSR count). The van der Waals surface area contributed by atoms with Crippen LogP contribution in [0.15, 0.2) is 24.5 Å². The van der Waals surface area contributed by atoms with Crippen LogP contribution in [-0.4, -0.2) is 36.4 Å². The summed E-state index contributed by atoms with van der Waals surface area (Å²) in [4.78, 5) is 17.6. The molecule has 1 atom stereocenters. The minimum Gasteiger partial charge on any atom is -0.341 e. The van der Waals surface area contributed by atoms with Crippen molar-refractivity contribution >= 4 is 5.91 Å². The first-order valence-electron chi connectivity index (χ1n) is 5.43. The third-order valence-corrected chi connectivity index (χ3v) is 2.48. The quantitative estimate of drug-likeness (QED) is 0.803. The molecule has 0 aliphatic heterocycles. The van der Waals surface area contributed by atoms with E-state index in [0.717, 1.165) is 5.56 Å². The molecule has 0 bridgehead atoms. The van der Waals surface area contributed by atoms with Gasteiger partial charge in [-0.3, -0.25) is 9.78 Å². The molecule has 88 valence electrons. The molecule has 1 amide bonds. The van der Waals surface area contributed by atoms with Crippen LogP contribution in [0.4, 0.5) is 0 Å². The van der Waals surface area contributed by atoms with Gasteiger partial charge in [-0.1, -0.05) is 6.92 Å². The summed E-state index contributed by atoms with van der Waals surface area (Å²) in [6.45, 7) is 3.27. The lowest BCUT2D eigenvalue weighted by atomic mass is 10.1. The Morgan fingerprint density at radius 1 is 1.50 bits per heavy atom. The lowest BCUT2D eigenvalue weighted by Crippen LogP contribution is -2.35. The summed E-state index contributed by atoms with van der Waals surface area (Å²) < 4.78 is 0. The Balaban J connectivity index is 2.52. The lowest BCUT2D eigenvalue weighted by molar-refractivity contribution is -0.134. The van der Waals surface area contributed by atoms with Crippen molar-refractivity contribution in [1.82, 2.24) is 15.2 Å². The van der Waals surface area contributed by atoms with Gasteiger partial charge < -0.3 is 10.2 Å². The zero-order valence-corrected chi connectivity index (χ0v) is 10.1. The third-order valence-electron chi connectivity index (χ3n) is 2.48. The van der Waals surface area contributed by atoms with E-state index in [1.54, 1.807) is 17.3 Å². The number of pyridine rings is 1. The highest BCUT2D eigenvalue weighted by Crippen LogP contribution is 2.05.